The lowest BCUT2D eigenvalue weighted by atomic mass is 10.2. The Bertz CT molecular complexity index is 1040. The summed E-state index contributed by atoms with van der Waals surface area (Å²) in [7, 11) is 1.96. The van der Waals surface area contributed by atoms with Gasteiger partial charge in [-0.2, -0.15) is 23.0 Å². The number of aromatic amines is 1. The molecule has 28 heavy (non-hydrogen) atoms. The Balaban J connectivity index is 1.74. The van der Waals surface area contributed by atoms with Gasteiger partial charge in [-0.15, -0.1) is 0 Å². The Morgan fingerprint density at radius 1 is 1.21 bits per heavy atom. The Morgan fingerprint density at radius 3 is 2.61 bits per heavy atom. The van der Waals surface area contributed by atoms with E-state index < -0.39 is 23.0 Å². The van der Waals surface area contributed by atoms with Gasteiger partial charge in [0.15, 0.2) is 5.69 Å². The van der Waals surface area contributed by atoms with Crippen LogP contribution < -0.4 is 5.56 Å². The summed E-state index contributed by atoms with van der Waals surface area (Å²) in [6, 6.07) is 7.12. The van der Waals surface area contributed by atoms with E-state index in [0.29, 0.717) is 18.6 Å². The van der Waals surface area contributed by atoms with E-state index in [0.717, 1.165) is 40.0 Å². The number of aromatic nitrogens is 3. The van der Waals surface area contributed by atoms with E-state index in [1.54, 1.807) is 29.3 Å². The van der Waals surface area contributed by atoms with Crippen LogP contribution in [0.25, 0.3) is 15.3 Å². The fourth-order valence-electron chi connectivity index (χ4n) is 2.93. The maximum atomic E-state index is 13.5. The summed E-state index contributed by atoms with van der Waals surface area (Å²) in [5.74, 6) is 0. The Morgan fingerprint density at radius 2 is 1.93 bits per heavy atom. The number of hydrazone groups is 1. The minimum Gasteiger partial charge on any atom is -0.303 e. The molecule has 0 spiro atoms. The smallest absolute Gasteiger partial charge is 0.303 e. The van der Waals surface area contributed by atoms with Crippen molar-refractivity contribution in [3.63, 3.8) is 0 Å². The van der Waals surface area contributed by atoms with Gasteiger partial charge in [-0.3, -0.25) is 14.9 Å². The zero-order valence-electron chi connectivity index (χ0n) is 14.9. The fourth-order valence-corrected chi connectivity index (χ4v) is 3.85. The molecule has 148 valence electrons. The second-order valence-corrected chi connectivity index (χ2v) is 7.51. The van der Waals surface area contributed by atoms with Crippen molar-refractivity contribution in [3.05, 3.63) is 45.9 Å². The van der Waals surface area contributed by atoms with E-state index >= 15 is 0 Å². The van der Waals surface area contributed by atoms with Crippen molar-refractivity contribution >= 4 is 27.8 Å². The standard InChI is InChI=1S/C17H17F3N6OS/c1-24-6-8-25(9-7-24)21-10-11-14(17(18,19)20)23-26(15(11)27)16-22-12-4-2-3-5-13(12)28-16/h2-5,10,23H,6-9H2,1H3. The number of benzene rings is 1. The number of thiazole rings is 1. The molecule has 0 atom stereocenters. The number of hydrogen-bond donors (Lipinski definition) is 1. The first-order valence-corrected chi connectivity index (χ1v) is 9.40. The summed E-state index contributed by atoms with van der Waals surface area (Å²) >= 11 is 1.14. The van der Waals surface area contributed by atoms with Gasteiger partial charge in [-0.1, -0.05) is 23.5 Å². The van der Waals surface area contributed by atoms with Gasteiger partial charge in [-0.25, -0.2) is 4.98 Å². The summed E-state index contributed by atoms with van der Waals surface area (Å²) in [5, 5.41) is 8.09. The highest BCUT2D eigenvalue weighted by molar-refractivity contribution is 7.20. The van der Waals surface area contributed by atoms with Crippen LogP contribution in [0.1, 0.15) is 11.3 Å². The van der Waals surface area contributed by atoms with Crippen molar-refractivity contribution in [1.29, 1.82) is 0 Å². The lowest BCUT2D eigenvalue weighted by molar-refractivity contribution is -0.141. The maximum Gasteiger partial charge on any atom is 0.433 e. The SMILES string of the molecule is CN1CCN(N=Cc2c(C(F)(F)F)[nH]n(-c3nc4ccccc4s3)c2=O)CC1. The van der Waals surface area contributed by atoms with Crippen LogP contribution in [0.3, 0.4) is 0 Å². The highest BCUT2D eigenvalue weighted by atomic mass is 32.1. The molecule has 3 heterocycles. The van der Waals surface area contributed by atoms with Crippen molar-refractivity contribution in [1.82, 2.24) is 24.7 Å². The molecule has 3 aromatic rings. The van der Waals surface area contributed by atoms with E-state index in [4.69, 9.17) is 0 Å². The van der Waals surface area contributed by atoms with Crippen LogP contribution in [-0.4, -0.2) is 64.1 Å². The molecule has 1 aliphatic heterocycles. The van der Waals surface area contributed by atoms with Gasteiger partial charge >= 0.3 is 6.18 Å². The second-order valence-electron chi connectivity index (χ2n) is 6.50. The normalized spacial score (nSPS) is 16.5. The monoisotopic (exact) mass is 410 g/mol. The molecule has 7 nitrogen and oxygen atoms in total. The number of rotatable bonds is 3. The van der Waals surface area contributed by atoms with Gasteiger partial charge in [0, 0.05) is 26.2 Å². The lowest BCUT2D eigenvalue weighted by Crippen LogP contribution is -2.41. The Kier molecular flexibility index (Phi) is 4.71. The Hall–Kier alpha value is -2.66. The topological polar surface area (TPSA) is 69.5 Å². The molecule has 4 rings (SSSR count). The average Bonchev–Trinajstić information content (AvgIpc) is 3.22. The predicted molar refractivity (Wildman–Crippen MR) is 101 cm³/mol. The number of piperazine rings is 1. The molecule has 1 aromatic carbocycles. The van der Waals surface area contributed by atoms with Crippen molar-refractivity contribution in [2.75, 3.05) is 33.2 Å². The number of nitrogens with one attached hydrogen (secondary N) is 1. The summed E-state index contributed by atoms with van der Waals surface area (Å²) in [4.78, 5) is 19.1. The Labute approximate surface area is 161 Å². The molecule has 0 aliphatic carbocycles. The van der Waals surface area contributed by atoms with Crippen LogP contribution in [0.2, 0.25) is 0 Å². The van der Waals surface area contributed by atoms with Crippen molar-refractivity contribution in [3.8, 4) is 5.13 Å². The summed E-state index contributed by atoms with van der Waals surface area (Å²) < 4.78 is 42.1. The minimum atomic E-state index is -4.72. The number of nitrogens with zero attached hydrogens (tertiary/aromatic N) is 5. The second kappa shape index (κ2) is 7.06. The highest BCUT2D eigenvalue weighted by Gasteiger charge is 2.38. The number of alkyl halides is 3. The molecule has 0 bridgehead atoms. The van der Waals surface area contributed by atoms with E-state index in [1.165, 1.54) is 0 Å². The van der Waals surface area contributed by atoms with E-state index in [2.05, 4.69) is 20.1 Å². The molecule has 1 fully saturated rings. The fraction of sp³-hybridized carbons (Fsp3) is 0.353. The van der Waals surface area contributed by atoms with Gasteiger partial charge in [0.05, 0.1) is 22.0 Å². The number of H-pyrrole nitrogens is 1. The van der Waals surface area contributed by atoms with Crippen LogP contribution in [0.15, 0.2) is 34.2 Å². The van der Waals surface area contributed by atoms with Crippen LogP contribution in [-0.2, 0) is 6.18 Å². The molecule has 0 unspecified atom stereocenters. The van der Waals surface area contributed by atoms with Crippen LogP contribution in [0, 0.1) is 0 Å². The number of para-hydroxylation sites is 1. The molecular weight excluding hydrogens is 393 g/mol. The lowest BCUT2D eigenvalue weighted by Gasteiger charge is -2.30. The largest absolute Gasteiger partial charge is 0.433 e. The van der Waals surface area contributed by atoms with E-state index in [9.17, 15) is 18.0 Å². The minimum absolute atomic E-state index is 0.149. The quantitative estimate of drug-likeness (QED) is 0.674. The van der Waals surface area contributed by atoms with Crippen LogP contribution >= 0.6 is 11.3 Å². The number of likely N-dealkylation sites (N-methyl/N-ethyl adjacent to an activating group) is 1. The molecule has 1 N–H and O–H groups in total. The predicted octanol–water partition coefficient (Wildman–Crippen LogP) is 2.38. The molecule has 1 aliphatic rings. The summed E-state index contributed by atoms with van der Waals surface area (Å²) in [6.45, 7) is 2.69. The van der Waals surface area contributed by atoms with Gasteiger partial charge in [0.25, 0.3) is 5.56 Å². The molecule has 2 aromatic heterocycles. The number of halogens is 3. The third kappa shape index (κ3) is 3.54. The summed E-state index contributed by atoms with van der Waals surface area (Å²) in [6.07, 6.45) is -3.72. The van der Waals surface area contributed by atoms with Crippen molar-refractivity contribution in [2.45, 2.75) is 6.18 Å². The molecule has 11 heteroatoms. The summed E-state index contributed by atoms with van der Waals surface area (Å²) in [5.41, 5.74) is -1.87. The molecule has 0 saturated carbocycles. The average molecular weight is 410 g/mol. The zero-order valence-corrected chi connectivity index (χ0v) is 15.7. The number of fused-ring (bicyclic) bond motifs is 1. The van der Waals surface area contributed by atoms with Crippen molar-refractivity contribution < 1.29 is 13.2 Å². The first-order valence-electron chi connectivity index (χ1n) is 8.58. The maximum absolute atomic E-state index is 13.5. The van der Waals surface area contributed by atoms with Gasteiger partial charge in [-0.05, 0) is 19.2 Å². The van der Waals surface area contributed by atoms with Gasteiger partial charge < -0.3 is 4.90 Å². The first-order chi connectivity index (χ1) is 13.3. The molecular formula is C17H17F3N6OS. The van der Waals surface area contributed by atoms with E-state index in [-0.39, 0.29) is 5.13 Å². The van der Waals surface area contributed by atoms with Gasteiger partial charge in [0.2, 0.25) is 5.13 Å². The first kappa shape index (κ1) is 18.7. The third-order valence-corrected chi connectivity index (χ3v) is 5.54. The number of hydrogen-bond acceptors (Lipinski definition) is 6. The van der Waals surface area contributed by atoms with Gasteiger partial charge in [0.1, 0.15) is 0 Å². The highest BCUT2D eigenvalue weighted by Crippen LogP contribution is 2.30. The third-order valence-electron chi connectivity index (χ3n) is 4.51. The van der Waals surface area contributed by atoms with E-state index in [1.807, 2.05) is 7.05 Å². The van der Waals surface area contributed by atoms with Crippen LogP contribution in [0.5, 0.6) is 0 Å². The molecule has 0 amide bonds. The molecule has 0 radical (unpaired) electrons. The zero-order chi connectivity index (χ0) is 19.9. The van der Waals surface area contributed by atoms with Crippen LogP contribution in [0.4, 0.5) is 13.2 Å². The molecule has 1 saturated heterocycles. The van der Waals surface area contributed by atoms with Crippen molar-refractivity contribution in [2.24, 2.45) is 5.10 Å².